The average molecular weight is 267 g/mol. The Hall–Kier alpha value is -1.14. The van der Waals surface area contributed by atoms with Gasteiger partial charge >= 0.3 is 0 Å². The number of benzene rings is 1. The SMILES string of the molecule is CC.CC.CCn1ccc2ccccc2c1=O.P. The molecular weight excluding hydrogens is 241 g/mol. The lowest BCUT2D eigenvalue weighted by atomic mass is 10.2. The fraction of sp³-hybridized carbons (Fsp3) is 0.400. The van der Waals surface area contributed by atoms with E-state index >= 15 is 0 Å². The molecule has 18 heavy (non-hydrogen) atoms. The summed E-state index contributed by atoms with van der Waals surface area (Å²) < 4.78 is 1.71. The Morgan fingerprint density at radius 1 is 1.00 bits per heavy atom. The van der Waals surface area contributed by atoms with E-state index in [9.17, 15) is 4.79 Å². The monoisotopic (exact) mass is 267 g/mol. The highest BCUT2D eigenvalue weighted by molar-refractivity contribution is 6.92. The van der Waals surface area contributed by atoms with Crippen molar-refractivity contribution in [2.24, 2.45) is 0 Å². The standard InChI is InChI=1S/C11H11NO.2C2H6.H3P/c1-2-12-8-7-9-5-3-4-6-10(9)11(12)13;2*1-2;/h3-8H,2H2,1H3;2*1-2H3;1H3. The van der Waals surface area contributed by atoms with Crippen LogP contribution in [-0.4, -0.2) is 4.57 Å². The molecule has 2 nitrogen and oxygen atoms in total. The number of hydrogen-bond acceptors (Lipinski definition) is 1. The number of nitrogens with zero attached hydrogens (tertiary/aromatic N) is 1. The summed E-state index contributed by atoms with van der Waals surface area (Å²) in [4.78, 5) is 11.7. The summed E-state index contributed by atoms with van der Waals surface area (Å²) in [5.74, 6) is 0. The summed E-state index contributed by atoms with van der Waals surface area (Å²) in [6.45, 7) is 10.7. The predicted molar refractivity (Wildman–Crippen MR) is 87.7 cm³/mol. The molecule has 1 aromatic carbocycles. The molecule has 2 aromatic rings. The molecule has 1 atom stereocenters. The number of hydrogen-bond donors (Lipinski definition) is 0. The van der Waals surface area contributed by atoms with Gasteiger partial charge in [0.2, 0.25) is 0 Å². The first-order valence-corrected chi connectivity index (χ1v) is 6.41. The summed E-state index contributed by atoms with van der Waals surface area (Å²) in [6.07, 6.45) is 1.84. The molecule has 0 fully saturated rings. The quantitative estimate of drug-likeness (QED) is 0.712. The molecular formula is C15H26NOP. The summed E-state index contributed by atoms with van der Waals surface area (Å²) in [5.41, 5.74) is 0.0978. The van der Waals surface area contributed by atoms with Crippen LogP contribution >= 0.6 is 9.90 Å². The van der Waals surface area contributed by atoms with E-state index in [1.54, 1.807) is 4.57 Å². The zero-order valence-electron chi connectivity index (χ0n) is 12.2. The molecule has 0 N–H and O–H groups in total. The third kappa shape index (κ3) is 4.62. The highest BCUT2D eigenvalue weighted by atomic mass is 31.0. The van der Waals surface area contributed by atoms with Gasteiger partial charge in [-0.05, 0) is 24.4 Å². The minimum absolute atomic E-state index is 0. The van der Waals surface area contributed by atoms with E-state index in [0.29, 0.717) is 0 Å². The van der Waals surface area contributed by atoms with E-state index in [4.69, 9.17) is 0 Å². The van der Waals surface area contributed by atoms with Crippen LogP contribution in [-0.2, 0) is 6.54 Å². The van der Waals surface area contributed by atoms with Gasteiger partial charge in [-0.3, -0.25) is 4.79 Å². The Balaban J connectivity index is 0. The molecule has 102 valence electrons. The summed E-state index contributed by atoms with van der Waals surface area (Å²) >= 11 is 0. The van der Waals surface area contributed by atoms with Crippen LogP contribution in [0.15, 0.2) is 41.3 Å². The minimum atomic E-state index is 0. The van der Waals surface area contributed by atoms with Gasteiger partial charge in [0.25, 0.3) is 5.56 Å². The van der Waals surface area contributed by atoms with Crippen molar-refractivity contribution in [2.45, 2.75) is 41.2 Å². The Kier molecular flexibility index (Phi) is 11.7. The Bertz CT molecular complexity index is 491. The Labute approximate surface area is 114 Å². The van der Waals surface area contributed by atoms with Crippen molar-refractivity contribution < 1.29 is 0 Å². The van der Waals surface area contributed by atoms with Crippen molar-refractivity contribution in [2.75, 3.05) is 0 Å². The van der Waals surface area contributed by atoms with Crippen LogP contribution in [0.25, 0.3) is 10.8 Å². The number of aromatic nitrogens is 1. The molecule has 1 unspecified atom stereocenters. The van der Waals surface area contributed by atoms with E-state index in [-0.39, 0.29) is 15.5 Å². The Morgan fingerprint density at radius 2 is 1.56 bits per heavy atom. The van der Waals surface area contributed by atoms with E-state index < -0.39 is 0 Å². The minimum Gasteiger partial charge on any atom is -0.315 e. The number of pyridine rings is 1. The van der Waals surface area contributed by atoms with Gasteiger partial charge in [-0.25, -0.2) is 0 Å². The third-order valence-corrected chi connectivity index (χ3v) is 2.23. The topological polar surface area (TPSA) is 22.0 Å². The van der Waals surface area contributed by atoms with Crippen molar-refractivity contribution >= 4 is 20.7 Å². The average Bonchev–Trinajstić information content (AvgIpc) is 2.44. The number of rotatable bonds is 1. The first kappa shape index (κ1) is 19.2. The molecule has 3 heteroatoms. The molecule has 0 radical (unpaired) electrons. The molecule has 0 aliphatic carbocycles. The van der Waals surface area contributed by atoms with Gasteiger partial charge in [-0.1, -0.05) is 45.9 Å². The fourth-order valence-corrected chi connectivity index (χ4v) is 1.48. The maximum atomic E-state index is 11.7. The highest BCUT2D eigenvalue weighted by Gasteiger charge is 1.98. The summed E-state index contributed by atoms with van der Waals surface area (Å²) in [6, 6.07) is 9.63. The lowest BCUT2D eigenvalue weighted by Crippen LogP contribution is -2.17. The smallest absolute Gasteiger partial charge is 0.258 e. The van der Waals surface area contributed by atoms with Gasteiger partial charge in [0, 0.05) is 18.1 Å². The van der Waals surface area contributed by atoms with Gasteiger partial charge < -0.3 is 4.57 Å². The van der Waals surface area contributed by atoms with Crippen LogP contribution in [0.2, 0.25) is 0 Å². The van der Waals surface area contributed by atoms with E-state index in [2.05, 4.69) is 0 Å². The van der Waals surface area contributed by atoms with Crippen molar-refractivity contribution in [3.8, 4) is 0 Å². The molecule has 0 bridgehead atoms. The lowest BCUT2D eigenvalue weighted by Gasteiger charge is -2.02. The zero-order valence-corrected chi connectivity index (χ0v) is 13.6. The van der Waals surface area contributed by atoms with Crippen molar-refractivity contribution in [1.82, 2.24) is 4.57 Å². The largest absolute Gasteiger partial charge is 0.315 e. The van der Waals surface area contributed by atoms with Gasteiger partial charge in [0.05, 0.1) is 0 Å². The molecule has 0 aliphatic heterocycles. The van der Waals surface area contributed by atoms with Crippen molar-refractivity contribution in [3.63, 3.8) is 0 Å². The van der Waals surface area contributed by atoms with Gasteiger partial charge in [0.1, 0.15) is 0 Å². The van der Waals surface area contributed by atoms with E-state index in [0.717, 1.165) is 17.3 Å². The Morgan fingerprint density at radius 3 is 2.11 bits per heavy atom. The highest BCUT2D eigenvalue weighted by Crippen LogP contribution is 2.07. The number of aryl methyl sites for hydroxylation is 1. The molecule has 0 spiro atoms. The lowest BCUT2D eigenvalue weighted by molar-refractivity contribution is 0.735. The second-order valence-corrected chi connectivity index (χ2v) is 2.99. The number of fused-ring (bicyclic) bond motifs is 1. The summed E-state index contributed by atoms with van der Waals surface area (Å²) in [7, 11) is 0. The van der Waals surface area contributed by atoms with Crippen LogP contribution in [0, 0.1) is 0 Å². The molecule has 1 aromatic heterocycles. The molecule has 0 saturated heterocycles. The van der Waals surface area contributed by atoms with Crippen LogP contribution in [0.3, 0.4) is 0 Å². The first-order valence-electron chi connectivity index (χ1n) is 6.41. The van der Waals surface area contributed by atoms with Gasteiger partial charge in [-0.15, -0.1) is 0 Å². The van der Waals surface area contributed by atoms with E-state index in [1.807, 2.05) is 71.1 Å². The first-order chi connectivity index (χ1) is 8.33. The molecule has 0 aliphatic rings. The van der Waals surface area contributed by atoms with Gasteiger partial charge in [0.15, 0.2) is 0 Å². The van der Waals surface area contributed by atoms with Crippen molar-refractivity contribution in [1.29, 1.82) is 0 Å². The molecule has 0 amide bonds. The molecule has 2 rings (SSSR count). The maximum absolute atomic E-state index is 11.7. The second-order valence-electron chi connectivity index (χ2n) is 2.99. The third-order valence-electron chi connectivity index (χ3n) is 2.23. The summed E-state index contributed by atoms with van der Waals surface area (Å²) in [5, 5.41) is 1.81. The predicted octanol–water partition coefficient (Wildman–Crippen LogP) is 4.13. The molecule has 1 heterocycles. The maximum Gasteiger partial charge on any atom is 0.258 e. The normalized spacial score (nSPS) is 8.28. The van der Waals surface area contributed by atoms with Crippen LogP contribution < -0.4 is 5.56 Å². The van der Waals surface area contributed by atoms with Crippen LogP contribution in [0.1, 0.15) is 34.6 Å². The fourth-order valence-electron chi connectivity index (χ4n) is 1.48. The van der Waals surface area contributed by atoms with E-state index in [1.165, 1.54) is 0 Å². The second kappa shape index (κ2) is 11.0. The van der Waals surface area contributed by atoms with Gasteiger partial charge in [-0.2, -0.15) is 9.90 Å². The zero-order chi connectivity index (χ0) is 13.3. The van der Waals surface area contributed by atoms with Crippen LogP contribution in [0.5, 0.6) is 0 Å². The van der Waals surface area contributed by atoms with Crippen LogP contribution in [0.4, 0.5) is 0 Å². The van der Waals surface area contributed by atoms with Crippen molar-refractivity contribution in [3.05, 3.63) is 46.9 Å². The molecule has 0 saturated carbocycles.